The SMILES string of the molecule is O=C(Cc1ccc(Cl)cc1Cl)OCC(=O)N1CCN(S(=O)(=O)c2ccccc2)CC1. The van der Waals surface area contributed by atoms with Gasteiger partial charge in [0.2, 0.25) is 10.0 Å². The van der Waals surface area contributed by atoms with Gasteiger partial charge >= 0.3 is 5.97 Å². The standard InChI is InChI=1S/C20H20Cl2N2O5S/c21-16-7-6-15(18(22)13-16)12-20(26)29-14-19(25)23-8-10-24(11-9-23)30(27,28)17-4-2-1-3-5-17/h1-7,13H,8-12,14H2. The van der Waals surface area contributed by atoms with Gasteiger partial charge in [-0.3, -0.25) is 9.59 Å². The Morgan fingerprint density at radius 2 is 1.63 bits per heavy atom. The molecule has 1 aliphatic heterocycles. The summed E-state index contributed by atoms with van der Waals surface area (Å²) in [4.78, 5) is 26.0. The number of halogens is 2. The Bertz CT molecular complexity index is 1020. The van der Waals surface area contributed by atoms with Crippen LogP contribution in [0.3, 0.4) is 0 Å². The second-order valence-electron chi connectivity index (χ2n) is 6.67. The number of hydrogen-bond acceptors (Lipinski definition) is 5. The van der Waals surface area contributed by atoms with Crippen molar-refractivity contribution in [2.75, 3.05) is 32.8 Å². The second-order valence-corrected chi connectivity index (χ2v) is 9.45. The average Bonchev–Trinajstić information content (AvgIpc) is 2.75. The topological polar surface area (TPSA) is 84.0 Å². The first-order valence-corrected chi connectivity index (χ1v) is 11.4. The number of ether oxygens (including phenoxy) is 1. The van der Waals surface area contributed by atoms with Gasteiger partial charge in [-0.1, -0.05) is 47.5 Å². The fourth-order valence-corrected chi connectivity index (χ4v) is 4.94. The summed E-state index contributed by atoms with van der Waals surface area (Å²) in [5, 5.41) is 0.808. The molecule has 0 atom stereocenters. The van der Waals surface area contributed by atoms with E-state index in [2.05, 4.69) is 0 Å². The molecule has 1 amide bonds. The molecule has 0 saturated carbocycles. The van der Waals surface area contributed by atoms with E-state index in [1.54, 1.807) is 42.5 Å². The van der Waals surface area contributed by atoms with Gasteiger partial charge in [-0.15, -0.1) is 0 Å². The van der Waals surface area contributed by atoms with Crippen LogP contribution in [0, 0.1) is 0 Å². The van der Waals surface area contributed by atoms with Gasteiger partial charge in [0, 0.05) is 36.2 Å². The van der Waals surface area contributed by atoms with Crippen LogP contribution in [0.2, 0.25) is 10.0 Å². The molecule has 0 bridgehead atoms. The molecule has 2 aromatic rings. The zero-order valence-electron chi connectivity index (χ0n) is 16.0. The molecule has 10 heteroatoms. The summed E-state index contributed by atoms with van der Waals surface area (Å²) < 4.78 is 31.7. The van der Waals surface area contributed by atoms with Crippen LogP contribution < -0.4 is 0 Å². The normalized spacial score (nSPS) is 15.1. The molecule has 1 aliphatic rings. The predicted molar refractivity (Wildman–Crippen MR) is 113 cm³/mol. The molecule has 160 valence electrons. The lowest BCUT2D eigenvalue weighted by molar-refractivity contribution is -0.152. The van der Waals surface area contributed by atoms with Gasteiger partial charge in [0.05, 0.1) is 11.3 Å². The fraction of sp³-hybridized carbons (Fsp3) is 0.300. The molecule has 30 heavy (non-hydrogen) atoms. The Hall–Kier alpha value is -2.13. The van der Waals surface area contributed by atoms with Crippen LogP contribution in [-0.2, 0) is 30.8 Å². The highest BCUT2D eigenvalue weighted by molar-refractivity contribution is 7.89. The van der Waals surface area contributed by atoms with Crippen molar-refractivity contribution in [2.45, 2.75) is 11.3 Å². The van der Waals surface area contributed by atoms with Gasteiger partial charge in [-0.2, -0.15) is 4.31 Å². The first-order valence-electron chi connectivity index (χ1n) is 9.20. The lowest BCUT2D eigenvalue weighted by Crippen LogP contribution is -2.51. The minimum Gasteiger partial charge on any atom is -0.455 e. The molecule has 1 fully saturated rings. The number of benzene rings is 2. The number of sulfonamides is 1. The third kappa shape index (κ3) is 5.51. The number of carbonyl (C=O) groups is 2. The van der Waals surface area contributed by atoms with E-state index in [0.717, 1.165) is 0 Å². The highest BCUT2D eigenvalue weighted by atomic mass is 35.5. The molecule has 0 aliphatic carbocycles. The van der Waals surface area contributed by atoms with Crippen LogP contribution in [0.15, 0.2) is 53.4 Å². The lowest BCUT2D eigenvalue weighted by atomic mass is 10.1. The van der Waals surface area contributed by atoms with E-state index in [4.69, 9.17) is 27.9 Å². The van der Waals surface area contributed by atoms with Crippen molar-refractivity contribution in [3.05, 3.63) is 64.1 Å². The van der Waals surface area contributed by atoms with Crippen molar-refractivity contribution in [1.82, 2.24) is 9.21 Å². The van der Waals surface area contributed by atoms with E-state index in [9.17, 15) is 18.0 Å². The van der Waals surface area contributed by atoms with Crippen LogP contribution in [0.1, 0.15) is 5.56 Å². The van der Waals surface area contributed by atoms with E-state index >= 15 is 0 Å². The maximum absolute atomic E-state index is 12.6. The maximum atomic E-state index is 12.6. The van der Waals surface area contributed by atoms with Gasteiger partial charge in [0.15, 0.2) is 6.61 Å². The molecule has 0 radical (unpaired) electrons. The monoisotopic (exact) mass is 470 g/mol. The Morgan fingerprint density at radius 1 is 0.967 bits per heavy atom. The fourth-order valence-electron chi connectivity index (χ4n) is 3.02. The molecule has 3 rings (SSSR count). The molecule has 0 unspecified atom stereocenters. The Balaban J connectivity index is 1.48. The summed E-state index contributed by atoms with van der Waals surface area (Å²) in [6, 6.07) is 12.9. The molecule has 0 aromatic heterocycles. The van der Waals surface area contributed by atoms with Crippen LogP contribution in [0.25, 0.3) is 0 Å². The van der Waals surface area contributed by atoms with Crippen LogP contribution in [0.4, 0.5) is 0 Å². The number of esters is 1. The number of hydrogen-bond donors (Lipinski definition) is 0. The number of nitrogens with zero attached hydrogens (tertiary/aromatic N) is 2. The van der Waals surface area contributed by atoms with Crippen LogP contribution >= 0.6 is 23.2 Å². The molecule has 7 nitrogen and oxygen atoms in total. The smallest absolute Gasteiger partial charge is 0.310 e. The van der Waals surface area contributed by atoms with E-state index in [0.29, 0.717) is 15.6 Å². The number of carbonyl (C=O) groups excluding carboxylic acids is 2. The molecule has 1 saturated heterocycles. The van der Waals surface area contributed by atoms with E-state index in [-0.39, 0.29) is 43.4 Å². The van der Waals surface area contributed by atoms with Crippen LogP contribution in [-0.4, -0.2) is 62.3 Å². The zero-order valence-corrected chi connectivity index (χ0v) is 18.3. The first kappa shape index (κ1) is 22.6. The highest BCUT2D eigenvalue weighted by Gasteiger charge is 2.30. The third-order valence-corrected chi connectivity index (χ3v) is 7.18. The quantitative estimate of drug-likeness (QED) is 0.605. The minimum atomic E-state index is -3.59. The Kier molecular flexibility index (Phi) is 7.36. The summed E-state index contributed by atoms with van der Waals surface area (Å²) in [5.74, 6) is -0.958. The van der Waals surface area contributed by atoms with Gasteiger partial charge in [0.25, 0.3) is 5.91 Å². The van der Waals surface area contributed by atoms with Gasteiger partial charge in [0.1, 0.15) is 0 Å². The van der Waals surface area contributed by atoms with Crippen molar-refractivity contribution in [3.63, 3.8) is 0 Å². The predicted octanol–water partition coefficient (Wildman–Crippen LogP) is 2.61. The molecule has 2 aromatic carbocycles. The summed E-state index contributed by atoms with van der Waals surface area (Å²) in [6.45, 7) is 0.404. The van der Waals surface area contributed by atoms with E-state index < -0.39 is 22.6 Å². The van der Waals surface area contributed by atoms with E-state index in [1.165, 1.54) is 15.3 Å². The van der Waals surface area contributed by atoms with Gasteiger partial charge in [-0.05, 0) is 29.8 Å². The summed E-state index contributed by atoms with van der Waals surface area (Å²) in [6.07, 6.45) is -0.0770. The van der Waals surface area contributed by atoms with Crippen molar-refractivity contribution in [1.29, 1.82) is 0 Å². The van der Waals surface area contributed by atoms with Crippen molar-refractivity contribution in [3.8, 4) is 0 Å². The summed E-state index contributed by atoms with van der Waals surface area (Å²) >= 11 is 11.9. The van der Waals surface area contributed by atoms with Crippen molar-refractivity contribution >= 4 is 45.1 Å². The minimum absolute atomic E-state index is 0.0770. The molecule has 1 heterocycles. The molecule has 0 spiro atoms. The largest absolute Gasteiger partial charge is 0.455 e. The van der Waals surface area contributed by atoms with Gasteiger partial charge < -0.3 is 9.64 Å². The summed E-state index contributed by atoms with van der Waals surface area (Å²) in [7, 11) is -3.59. The Labute approximate surface area is 185 Å². The van der Waals surface area contributed by atoms with Crippen molar-refractivity contribution in [2.24, 2.45) is 0 Å². The highest BCUT2D eigenvalue weighted by Crippen LogP contribution is 2.21. The average molecular weight is 471 g/mol. The molecular formula is C20H20Cl2N2O5S. The van der Waals surface area contributed by atoms with Crippen LogP contribution in [0.5, 0.6) is 0 Å². The molecule has 0 N–H and O–H groups in total. The third-order valence-electron chi connectivity index (χ3n) is 4.68. The van der Waals surface area contributed by atoms with Crippen molar-refractivity contribution < 1.29 is 22.7 Å². The number of rotatable bonds is 6. The second kappa shape index (κ2) is 9.78. The number of amides is 1. The lowest BCUT2D eigenvalue weighted by Gasteiger charge is -2.33. The first-order chi connectivity index (χ1) is 14.3. The summed E-state index contributed by atoms with van der Waals surface area (Å²) in [5.41, 5.74) is 0.554. The van der Waals surface area contributed by atoms with Gasteiger partial charge in [-0.25, -0.2) is 8.42 Å². The zero-order chi connectivity index (χ0) is 21.7. The number of piperazine rings is 1. The maximum Gasteiger partial charge on any atom is 0.310 e. The van der Waals surface area contributed by atoms with E-state index in [1.807, 2.05) is 0 Å². The molecular weight excluding hydrogens is 451 g/mol. The Morgan fingerprint density at radius 3 is 2.27 bits per heavy atom.